The number of nitrogens with one attached hydrogen (secondary N) is 1. The molecule has 0 spiro atoms. The second-order valence-electron chi connectivity index (χ2n) is 5.28. The third-order valence-electron chi connectivity index (χ3n) is 3.73. The van der Waals surface area contributed by atoms with Crippen LogP contribution >= 0.6 is 11.3 Å². The molecule has 0 atom stereocenters. The van der Waals surface area contributed by atoms with Gasteiger partial charge in [-0.05, 0) is 53.3 Å². The summed E-state index contributed by atoms with van der Waals surface area (Å²) in [4.78, 5) is 13.5. The molecule has 0 fully saturated rings. The van der Waals surface area contributed by atoms with Crippen LogP contribution in [0.1, 0.15) is 22.8 Å². The zero-order valence-electron chi connectivity index (χ0n) is 12.9. The number of benzene rings is 2. The van der Waals surface area contributed by atoms with Crippen LogP contribution in [0.5, 0.6) is 0 Å². The minimum absolute atomic E-state index is 0.150. The Morgan fingerprint density at radius 1 is 1.13 bits per heavy atom. The Labute approximate surface area is 139 Å². The molecule has 1 heterocycles. The van der Waals surface area contributed by atoms with Gasteiger partial charge in [0.25, 0.3) is 5.91 Å². The normalized spacial score (nSPS) is 10.5. The topological polar surface area (TPSA) is 55.1 Å². The second-order valence-corrected chi connectivity index (χ2v) is 6.23. The highest BCUT2D eigenvalue weighted by atomic mass is 32.1. The van der Waals surface area contributed by atoms with E-state index in [2.05, 4.69) is 12.2 Å². The molecule has 1 amide bonds. The summed E-state index contributed by atoms with van der Waals surface area (Å²) in [5.74, 6) is -0.150. The van der Waals surface area contributed by atoms with E-state index >= 15 is 0 Å². The minimum atomic E-state index is -0.150. The maximum absolute atomic E-state index is 12.4. The van der Waals surface area contributed by atoms with Crippen LogP contribution in [0.25, 0.3) is 10.4 Å². The van der Waals surface area contributed by atoms with Crippen LogP contribution in [-0.2, 0) is 6.42 Å². The van der Waals surface area contributed by atoms with Gasteiger partial charge in [0.05, 0.1) is 11.4 Å². The van der Waals surface area contributed by atoms with Gasteiger partial charge in [-0.2, -0.15) is 0 Å². The molecule has 0 unspecified atom stereocenters. The fraction of sp³-hybridized carbons (Fsp3) is 0.105. The van der Waals surface area contributed by atoms with Crippen molar-refractivity contribution in [2.75, 3.05) is 11.1 Å². The maximum Gasteiger partial charge on any atom is 0.255 e. The highest BCUT2D eigenvalue weighted by molar-refractivity contribution is 7.13. The lowest BCUT2D eigenvalue weighted by Gasteiger charge is -2.10. The molecule has 0 aliphatic heterocycles. The molecule has 3 rings (SSSR count). The molecular weight excluding hydrogens is 304 g/mol. The van der Waals surface area contributed by atoms with Crippen molar-refractivity contribution in [3.63, 3.8) is 0 Å². The van der Waals surface area contributed by atoms with Crippen LogP contribution < -0.4 is 11.1 Å². The molecule has 116 valence electrons. The van der Waals surface area contributed by atoms with Crippen molar-refractivity contribution in [2.45, 2.75) is 13.3 Å². The number of carbonyl (C=O) groups excluding carboxylic acids is 1. The van der Waals surface area contributed by atoms with Crippen LogP contribution in [-0.4, -0.2) is 5.91 Å². The van der Waals surface area contributed by atoms with E-state index in [-0.39, 0.29) is 5.91 Å². The number of rotatable bonds is 4. The average Bonchev–Trinajstić information content (AvgIpc) is 3.11. The summed E-state index contributed by atoms with van der Waals surface area (Å²) in [6.45, 7) is 2.09. The lowest BCUT2D eigenvalue weighted by molar-refractivity contribution is 0.102. The van der Waals surface area contributed by atoms with Gasteiger partial charge in [0.2, 0.25) is 0 Å². The Morgan fingerprint density at radius 2 is 1.91 bits per heavy atom. The zero-order valence-corrected chi connectivity index (χ0v) is 13.7. The smallest absolute Gasteiger partial charge is 0.255 e. The maximum atomic E-state index is 12.4. The third kappa shape index (κ3) is 3.43. The highest BCUT2D eigenvalue weighted by Gasteiger charge is 2.10. The molecule has 0 aliphatic rings. The molecule has 3 aromatic rings. The molecule has 0 saturated carbocycles. The van der Waals surface area contributed by atoms with Crippen molar-refractivity contribution in [2.24, 2.45) is 0 Å². The van der Waals surface area contributed by atoms with Gasteiger partial charge in [-0.3, -0.25) is 4.79 Å². The quantitative estimate of drug-likeness (QED) is 0.677. The number of hydrogen-bond acceptors (Lipinski definition) is 3. The first-order valence-electron chi connectivity index (χ1n) is 7.51. The number of hydrogen-bond donors (Lipinski definition) is 2. The predicted molar refractivity (Wildman–Crippen MR) is 97.9 cm³/mol. The van der Waals surface area contributed by atoms with Gasteiger partial charge < -0.3 is 11.1 Å². The summed E-state index contributed by atoms with van der Waals surface area (Å²) in [5.41, 5.74) is 10.1. The molecular formula is C19H18N2OS. The van der Waals surface area contributed by atoms with Gasteiger partial charge in [-0.15, -0.1) is 11.3 Å². The summed E-state index contributed by atoms with van der Waals surface area (Å²) < 4.78 is 0. The number of nitrogen functional groups attached to an aromatic ring is 1. The third-order valence-corrected chi connectivity index (χ3v) is 4.65. The lowest BCUT2D eigenvalue weighted by atomic mass is 10.1. The first-order valence-corrected chi connectivity index (χ1v) is 8.39. The monoisotopic (exact) mass is 322 g/mol. The molecule has 4 heteroatoms. The number of nitrogens with two attached hydrogens (primary N) is 1. The standard InChI is InChI=1S/C19H18N2OS/c1-2-13-5-7-14(8-6-13)19(22)21-17-12-15(9-10-16(17)20)18-4-3-11-23-18/h3-12H,2,20H2,1H3,(H,21,22). The predicted octanol–water partition coefficient (Wildman–Crippen LogP) is 4.81. The molecule has 3 N–H and O–H groups in total. The highest BCUT2D eigenvalue weighted by Crippen LogP contribution is 2.30. The fourth-order valence-electron chi connectivity index (χ4n) is 2.35. The summed E-state index contributed by atoms with van der Waals surface area (Å²) in [6.07, 6.45) is 0.956. The van der Waals surface area contributed by atoms with Crippen LogP contribution in [0.2, 0.25) is 0 Å². The Kier molecular flexibility index (Phi) is 4.44. The van der Waals surface area contributed by atoms with E-state index in [0.717, 1.165) is 16.9 Å². The summed E-state index contributed by atoms with van der Waals surface area (Å²) >= 11 is 1.66. The largest absolute Gasteiger partial charge is 0.397 e. The molecule has 0 radical (unpaired) electrons. The summed E-state index contributed by atoms with van der Waals surface area (Å²) in [6, 6.07) is 17.4. The Balaban J connectivity index is 1.83. The number of thiophene rings is 1. The van der Waals surface area contributed by atoms with E-state index in [9.17, 15) is 4.79 Å². The number of aryl methyl sites for hydroxylation is 1. The van der Waals surface area contributed by atoms with E-state index in [1.54, 1.807) is 11.3 Å². The second kappa shape index (κ2) is 6.67. The molecule has 23 heavy (non-hydrogen) atoms. The van der Waals surface area contributed by atoms with E-state index < -0.39 is 0 Å². The SMILES string of the molecule is CCc1ccc(C(=O)Nc2cc(-c3cccs3)ccc2N)cc1. The molecule has 0 bridgehead atoms. The van der Waals surface area contributed by atoms with E-state index in [1.165, 1.54) is 5.56 Å². The number of amides is 1. The van der Waals surface area contributed by atoms with Crippen LogP contribution in [0.4, 0.5) is 11.4 Å². The van der Waals surface area contributed by atoms with Crippen molar-refractivity contribution in [1.82, 2.24) is 0 Å². The Morgan fingerprint density at radius 3 is 2.57 bits per heavy atom. The fourth-order valence-corrected chi connectivity index (χ4v) is 3.07. The number of carbonyl (C=O) groups is 1. The van der Waals surface area contributed by atoms with Crippen molar-refractivity contribution in [1.29, 1.82) is 0 Å². The first kappa shape index (κ1) is 15.3. The van der Waals surface area contributed by atoms with Crippen LogP contribution in [0, 0.1) is 0 Å². The zero-order chi connectivity index (χ0) is 16.2. The molecule has 3 nitrogen and oxygen atoms in total. The van der Waals surface area contributed by atoms with Gasteiger partial charge in [0.15, 0.2) is 0 Å². The molecule has 0 saturated heterocycles. The van der Waals surface area contributed by atoms with Crippen LogP contribution in [0.15, 0.2) is 60.0 Å². The van der Waals surface area contributed by atoms with Crippen molar-refractivity contribution in [3.05, 3.63) is 71.1 Å². The first-order chi connectivity index (χ1) is 11.2. The van der Waals surface area contributed by atoms with E-state index in [0.29, 0.717) is 16.9 Å². The summed E-state index contributed by atoms with van der Waals surface area (Å²) in [7, 11) is 0. The van der Waals surface area contributed by atoms with Gasteiger partial charge >= 0.3 is 0 Å². The molecule has 0 aliphatic carbocycles. The minimum Gasteiger partial charge on any atom is -0.397 e. The molecule has 1 aromatic heterocycles. The van der Waals surface area contributed by atoms with Crippen molar-refractivity contribution < 1.29 is 4.79 Å². The van der Waals surface area contributed by atoms with E-state index in [4.69, 9.17) is 5.73 Å². The summed E-state index contributed by atoms with van der Waals surface area (Å²) in [5, 5.41) is 4.93. The van der Waals surface area contributed by atoms with Gasteiger partial charge in [0, 0.05) is 10.4 Å². The van der Waals surface area contributed by atoms with Gasteiger partial charge in [0.1, 0.15) is 0 Å². The number of anilines is 2. The van der Waals surface area contributed by atoms with Gasteiger partial charge in [-0.25, -0.2) is 0 Å². The Bertz CT molecular complexity index is 808. The molecule has 2 aromatic carbocycles. The van der Waals surface area contributed by atoms with Crippen molar-refractivity contribution >= 4 is 28.6 Å². The Hall–Kier alpha value is -2.59. The van der Waals surface area contributed by atoms with Crippen LogP contribution in [0.3, 0.4) is 0 Å². The van der Waals surface area contributed by atoms with E-state index in [1.807, 2.05) is 60.0 Å². The van der Waals surface area contributed by atoms with Crippen molar-refractivity contribution in [3.8, 4) is 10.4 Å². The lowest BCUT2D eigenvalue weighted by Crippen LogP contribution is -2.13. The van der Waals surface area contributed by atoms with Gasteiger partial charge in [-0.1, -0.05) is 31.2 Å². The average molecular weight is 322 g/mol.